The molecule has 1 atom stereocenters. The zero-order valence-electron chi connectivity index (χ0n) is 9.88. The third kappa shape index (κ3) is 1.74. The Balaban J connectivity index is 2.38. The molecule has 2 heteroatoms. The molecule has 1 aromatic carbocycles. The Morgan fingerprint density at radius 3 is 2.93 bits per heavy atom. The smallest absolute Gasteiger partial charge is 0.0405 e. The number of anilines is 1. The summed E-state index contributed by atoms with van der Waals surface area (Å²) in [6.45, 7) is 6.63. The van der Waals surface area contributed by atoms with Gasteiger partial charge in [-0.05, 0) is 44.5 Å². The molecule has 1 heterocycles. The molecule has 2 rings (SSSR count). The Morgan fingerprint density at radius 2 is 2.27 bits per heavy atom. The summed E-state index contributed by atoms with van der Waals surface area (Å²) in [5, 5.41) is 3.24. The van der Waals surface area contributed by atoms with Crippen molar-refractivity contribution in [2.45, 2.75) is 32.9 Å². The molecular weight excluding hydrogens is 184 g/mol. The van der Waals surface area contributed by atoms with Crippen molar-refractivity contribution in [1.29, 1.82) is 0 Å². The number of likely N-dealkylation sites (N-methyl/N-ethyl adjacent to an activating group) is 1. The van der Waals surface area contributed by atoms with Gasteiger partial charge in [-0.25, -0.2) is 0 Å². The summed E-state index contributed by atoms with van der Waals surface area (Å²) in [6, 6.07) is 7.32. The SMILES string of the molecule is CCN1c2cccc(CNC)c2CC1C. The fraction of sp³-hybridized carbons (Fsp3) is 0.538. The molecule has 0 bridgehead atoms. The fourth-order valence-corrected chi connectivity index (χ4v) is 2.61. The van der Waals surface area contributed by atoms with Gasteiger partial charge in [0.15, 0.2) is 0 Å². The third-order valence-corrected chi connectivity index (χ3v) is 3.30. The van der Waals surface area contributed by atoms with Gasteiger partial charge in [0.25, 0.3) is 0 Å². The van der Waals surface area contributed by atoms with E-state index in [9.17, 15) is 0 Å². The van der Waals surface area contributed by atoms with Crippen LogP contribution in [0.2, 0.25) is 0 Å². The van der Waals surface area contributed by atoms with Crippen LogP contribution in [0.25, 0.3) is 0 Å². The van der Waals surface area contributed by atoms with Gasteiger partial charge >= 0.3 is 0 Å². The van der Waals surface area contributed by atoms with Gasteiger partial charge in [-0.3, -0.25) is 0 Å². The molecule has 1 aromatic rings. The van der Waals surface area contributed by atoms with Gasteiger partial charge in [0.1, 0.15) is 0 Å². The number of rotatable bonds is 3. The highest BCUT2D eigenvalue weighted by Gasteiger charge is 2.25. The average Bonchev–Trinajstić information content (AvgIpc) is 2.55. The predicted molar refractivity (Wildman–Crippen MR) is 65.4 cm³/mol. The minimum atomic E-state index is 0.656. The van der Waals surface area contributed by atoms with Gasteiger partial charge in [0.05, 0.1) is 0 Å². The Kier molecular flexibility index (Phi) is 2.96. The van der Waals surface area contributed by atoms with Gasteiger partial charge in [-0.2, -0.15) is 0 Å². The molecule has 1 aliphatic heterocycles. The lowest BCUT2D eigenvalue weighted by atomic mass is 10.0. The number of hydrogen-bond donors (Lipinski definition) is 1. The highest BCUT2D eigenvalue weighted by molar-refractivity contribution is 5.62. The van der Waals surface area contributed by atoms with Gasteiger partial charge in [-0.1, -0.05) is 12.1 Å². The zero-order chi connectivity index (χ0) is 10.8. The van der Waals surface area contributed by atoms with E-state index < -0.39 is 0 Å². The van der Waals surface area contributed by atoms with Crippen molar-refractivity contribution in [3.63, 3.8) is 0 Å². The summed E-state index contributed by atoms with van der Waals surface area (Å²) < 4.78 is 0. The molecule has 82 valence electrons. The maximum absolute atomic E-state index is 3.24. The highest BCUT2D eigenvalue weighted by Crippen LogP contribution is 2.33. The zero-order valence-corrected chi connectivity index (χ0v) is 9.88. The van der Waals surface area contributed by atoms with Crippen LogP contribution in [0.5, 0.6) is 0 Å². The van der Waals surface area contributed by atoms with Crippen LogP contribution in [-0.2, 0) is 13.0 Å². The molecule has 0 amide bonds. The summed E-state index contributed by atoms with van der Waals surface area (Å²) in [7, 11) is 2.01. The summed E-state index contributed by atoms with van der Waals surface area (Å²) in [5.41, 5.74) is 4.44. The van der Waals surface area contributed by atoms with Crippen LogP contribution in [0.3, 0.4) is 0 Å². The van der Waals surface area contributed by atoms with E-state index in [-0.39, 0.29) is 0 Å². The molecule has 0 radical (unpaired) electrons. The minimum Gasteiger partial charge on any atom is -0.369 e. The van der Waals surface area contributed by atoms with Crippen LogP contribution in [0.4, 0.5) is 5.69 Å². The van der Waals surface area contributed by atoms with E-state index in [2.05, 4.69) is 42.3 Å². The summed E-state index contributed by atoms with van der Waals surface area (Å²) in [4.78, 5) is 2.49. The summed E-state index contributed by atoms with van der Waals surface area (Å²) in [5.74, 6) is 0. The minimum absolute atomic E-state index is 0.656. The van der Waals surface area contributed by atoms with Crippen LogP contribution in [0, 0.1) is 0 Å². The molecule has 0 aliphatic carbocycles. The second-order valence-electron chi connectivity index (χ2n) is 4.28. The van der Waals surface area contributed by atoms with Crippen molar-refractivity contribution < 1.29 is 0 Å². The molecule has 15 heavy (non-hydrogen) atoms. The first-order valence-electron chi connectivity index (χ1n) is 5.80. The molecule has 1 N–H and O–H groups in total. The van der Waals surface area contributed by atoms with E-state index in [0.717, 1.165) is 13.1 Å². The number of hydrogen-bond acceptors (Lipinski definition) is 2. The highest BCUT2D eigenvalue weighted by atomic mass is 15.2. The lowest BCUT2D eigenvalue weighted by molar-refractivity contribution is 0.687. The van der Waals surface area contributed by atoms with Gasteiger partial charge in [-0.15, -0.1) is 0 Å². The van der Waals surface area contributed by atoms with Gasteiger partial charge in [0.2, 0.25) is 0 Å². The molecule has 0 aromatic heterocycles. The molecule has 0 saturated heterocycles. The summed E-state index contributed by atoms with van der Waals surface area (Å²) in [6.07, 6.45) is 1.20. The van der Waals surface area contributed by atoms with Crippen molar-refractivity contribution in [2.75, 3.05) is 18.5 Å². The fourth-order valence-electron chi connectivity index (χ4n) is 2.61. The normalized spacial score (nSPS) is 19.4. The quantitative estimate of drug-likeness (QED) is 0.812. The maximum atomic E-state index is 3.24. The van der Waals surface area contributed by atoms with Crippen LogP contribution in [0.15, 0.2) is 18.2 Å². The van der Waals surface area contributed by atoms with E-state index in [1.807, 2.05) is 7.05 Å². The van der Waals surface area contributed by atoms with E-state index in [0.29, 0.717) is 6.04 Å². The predicted octanol–water partition coefficient (Wildman–Crippen LogP) is 2.18. The molecule has 2 nitrogen and oxygen atoms in total. The first-order chi connectivity index (χ1) is 7.27. The Bertz CT molecular complexity index is 346. The van der Waals surface area contributed by atoms with E-state index in [4.69, 9.17) is 0 Å². The third-order valence-electron chi connectivity index (χ3n) is 3.30. The largest absolute Gasteiger partial charge is 0.369 e. The molecule has 0 saturated carbocycles. The monoisotopic (exact) mass is 204 g/mol. The first-order valence-corrected chi connectivity index (χ1v) is 5.80. The van der Waals surface area contributed by atoms with Crippen molar-refractivity contribution >= 4 is 5.69 Å². The lowest BCUT2D eigenvalue weighted by Crippen LogP contribution is -2.28. The maximum Gasteiger partial charge on any atom is 0.0405 e. The van der Waals surface area contributed by atoms with Crippen molar-refractivity contribution in [3.8, 4) is 0 Å². The lowest BCUT2D eigenvalue weighted by Gasteiger charge is -2.22. The van der Waals surface area contributed by atoms with Crippen LogP contribution >= 0.6 is 0 Å². The topological polar surface area (TPSA) is 15.3 Å². The Hall–Kier alpha value is -1.02. The van der Waals surface area contributed by atoms with Crippen LogP contribution < -0.4 is 10.2 Å². The van der Waals surface area contributed by atoms with Gasteiger partial charge < -0.3 is 10.2 Å². The van der Waals surface area contributed by atoms with Crippen LogP contribution in [0.1, 0.15) is 25.0 Å². The second-order valence-corrected chi connectivity index (χ2v) is 4.28. The molecule has 0 spiro atoms. The van der Waals surface area contributed by atoms with E-state index >= 15 is 0 Å². The van der Waals surface area contributed by atoms with Crippen LogP contribution in [-0.4, -0.2) is 19.6 Å². The number of benzene rings is 1. The average molecular weight is 204 g/mol. The second kappa shape index (κ2) is 4.23. The van der Waals surface area contributed by atoms with E-state index in [1.165, 1.54) is 17.7 Å². The molecular formula is C13H20N2. The number of nitrogens with zero attached hydrogens (tertiary/aromatic N) is 1. The van der Waals surface area contributed by atoms with Crippen molar-refractivity contribution in [1.82, 2.24) is 5.32 Å². The summed E-state index contributed by atoms with van der Waals surface area (Å²) >= 11 is 0. The van der Waals surface area contributed by atoms with Crippen molar-refractivity contribution in [3.05, 3.63) is 29.3 Å². The number of fused-ring (bicyclic) bond motifs is 1. The Labute approximate surface area is 92.3 Å². The first kappa shape index (κ1) is 10.5. The van der Waals surface area contributed by atoms with Gasteiger partial charge in [0, 0.05) is 24.8 Å². The number of nitrogens with one attached hydrogen (secondary N) is 1. The van der Waals surface area contributed by atoms with E-state index in [1.54, 1.807) is 5.56 Å². The van der Waals surface area contributed by atoms with Crippen molar-refractivity contribution in [2.24, 2.45) is 0 Å². The molecule has 1 aliphatic rings. The Morgan fingerprint density at radius 1 is 1.47 bits per heavy atom. The molecule has 1 unspecified atom stereocenters. The standard InChI is InChI=1S/C13H20N2/c1-4-15-10(2)8-12-11(9-14-3)6-5-7-13(12)15/h5-7,10,14H,4,8-9H2,1-3H3. The molecule has 0 fully saturated rings.